The standard InChI is InChI=1S/C20H20ClN3O2/c1-4-6-18(25)16-7-12(3)15(11-22-16)14-8-13-10-23-19(21)9-17(13)24(5-2)20(14)26/h7-11H,4-6H2,1-3H3. The number of carbonyl (C=O) groups is 1. The molecule has 0 aliphatic rings. The van der Waals surface area contributed by atoms with Crippen LogP contribution in [0.2, 0.25) is 5.15 Å². The summed E-state index contributed by atoms with van der Waals surface area (Å²) in [5.41, 5.74) is 3.20. The van der Waals surface area contributed by atoms with Crippen LogP contribution >= 0.6 is 11.6 Å². The molecule has 26 heavy (non-hydrogen) atoms. The predicted octanol–water partition coefficient (Wildman–Crippen LogP) is 4.42. The fourth-order valence-corrected chi connectivity index (χ4v) is 3.25. The van der Waals surface area contributed by atoms with Gasteiger partial charge in [0.2, 0.25) is 0 Å². The second-order valence-corrected chi connectivity index (χ2v) is 6.62. The van der Waals surface area contributed by atoms with Crippen LogP contribution in [0.5, 0.6) is 0 Å². The Hall–Kier alpha value is -2.53. The minimum absolute atomic E-state index is 0.0190. The van der Waals surface area contributed by atoms with Gasteiger partial charge in [-0.2, -0.15) is 0 Å². The minimum atomic E-state index is -0.111. The molecule has 3 heterocycles. The summed E-state index contributed by atoms with van der Waals surface area (Å²) in [6.45, 7) is 6.28. The second kappa shape index (κ2) is 7.38. The molecule has 0 aromatic carbocycles. The number of aromatic nitrogens is 3. The maximum Gasteiger partial charge on any atom is 0.258 e. The lowest BCUT2D eigenvalue weighted by Gasteiger charge is -2.13. The molecule has 0 aliphatic heterocycles. The average Bonchev–Trinajstić information content (AvgIpc) is 2.62. The summed E-state index contributed by atoms with van der Waals surface area (Å²) in [6.07, 6.45) is 4.53. The lowest BCUT2D eigenvalue weighted by molar-refractivity contribution is 0.0977. The number of Topliss-reactive ketones (excluding diaryl/α,β-unsaturated/α-hetero) is 1. The van der Waals surface area contributed by atoms with Crippen molar-refractivity contribution in [2.45, 2.75) is 40.2 Å². The first-order valence-corrected chi connectivity index (χ1v) is 9.03. The molecule has 0 amide bonds. The lowest BCUT2D eigenvalue weighted by atomic mass is 10.0. The number of pyridine rings is 3. The number of hydrogen-bond acceptors (Lipinski definition) is 4. The minimum Gasteiger partial charge on any atom is -0.308 e. The Morgan fingerprint density at radius 3 is 2.54 bits per heavy atom. The third-order valence-electron chi connectivity index (χ3n) is 4.42. The highest BCUT2D eigenvalue weighted by Gasteiger charge is 2.15. The van der Waals surface area contributed by atoms with E-state index in [1.54, 1.807) is 29.1 Å². The Morgan fingerprint density at radius 1 is 1.12 bits per heavy atom. The smallest absolute Gasteiger partial charge is 0.258 e. The van der Waals surface area contributed by atoms with Gasteiger partial charge in [-0.1, -0.05) is 18.5 Å². The molecule has 5 nitrogen and oxygen atoms in total. The van der Waals surface area contributed by atoms with Crippen LogP contribution < -0.4 is 5.56 Å². The number of aryl methyl sites for hydroxylation is 2. The van der Waals surface area contributed by atoms with Crippen LogP contribution in [0.25, 0.3) is 22.0 Å². The van der Waals surface area contributed by atoms with Crippen LogP contribution in [0.3, 0.4) is 0 Å². The molecule has 3 aromatic rings. The highest BCUT2D eigenvalue weighted by molar-refractivity contribution is 6.30. The average molecular weight is 370 g/mol. The van der Waals surface area contributed by atoms with Gasteiger partial charge < -0.3 is 4.57 Å². The van der Waals surface area contributed by atoms with Crippen LogP contribution in [-0.2, 0) is 6.54 Å². The summed E-state index contributed by atoms with van der Waals surface area (Å²) >= 11 is 5.99. The van der Waals surface area contributed by atoms with Gasteiger partial charge in [-0.05, 0) is 44.0 Å². The van der Waals surface area contributed by atoms with Crippen LogP contribution in [0.15, 0.2) is 35.4 Å². The third-order valence-corrected chi connectivity index (χ3v) is 4.63. The first kappa shape index (κ1) is 18.3. The van der Waals surface area contributed by atoms with Gasteiger partial charge in [0.15, 0.2) is 5.78 Å². The predicted molar refractivity (Wildman–Crippen MR) is 104 cm³/mol. The maximum absolute atomic E-state index is 13.0. The molecule has 0 bridgehead atoms. The summed E-state index contributed by atoms with van der Waals surface area (Å²) in [5.74, 6) is 0.0190. The molecular formula is C20H20ClN3O2. The summed E-state index contributed by atoms with van der Waals surface area (Å²) < 4.78 is 1.67. The number of ketones is 1. The molecule has 0 radical (unpaired) electrons. The SMILES string of the molecule is CCCC(=O)c1cc(C)c(-c2cc3cnc(Cl)cc3n(CC)c2=O)cn1. The highest BCUT2D eigenvalue weighted by atomic mass is 35.5. The Bertz CT molecular complexity index is 1060. The fraction of sp³-hybridized carbons (Fsp3) is 0.300. The van der Waals surface area contributed by atoms with Crippen molar-refractivity contribution in [2.24, 2.45) is 0 Å². The summed E-state index contributed by atoms with van der Waals surface area (Å²) in [6, 6.07) is 5.27. The van der Waals surface area contributed by atoms with Gasteiger partial charge in [0.05, 0.1) is 5.52 Å². The molecule has 0 atom stereocenters. The number of hydrogen-bond donors (Lipinski definition) is 0. The molecule has 6 heteroatoms. The molecule has 0 aliphatic carbocycles. The van der Waals surface area contributed by atoms with Crippen molar-refractivity contribution in [2.75, 3.05) is 0 Å². The van der Waals surface area contributed by atoms with E-state index in [9.17, 15) is 9.59 Å². The van der Waals surface area contributed by atoms with E-state index >= 15 is 0 Å². The molecule has 3 aromatic heterocycles. The first-order valence-electron chi connectivity index (χ1n) is 8.65. The zero-order chi connectivity index (χ0) is 18.8. The molecular weight excluding hydrogens is 350 g/mol. The highest BCUT2D eigenvalue weighted by Crippen LogP contribution is 2.25. The normalized spacial score (nSPS) is 11.1. The van der Waals surface area contributed by atoms with Gasteiger partial charge in [0.25, 0.3) is 5.56 Å². The quantitative estimate of drug-likeness (QED) is 0.493. The zero-order valence-corrected chi connectivity index (χ0v) is 15.8. The Morgan fingerprint density at radius 2 is 1.88 bits per heavy atom. The molecule has 3 rings (SSSR count). The summed E-state index contributed by atoms with van der Waals surface area (Å²) in [4.78, 5) is 33.5. The van der Waals surface area contributed by atoms with Crippen LogP contribution in [-0.4, -0.2) is 20.3 Å². The van der Waals surface area contributed by atoms with Crippen molar-refractivity contribution >= 4 is 28.3 Å². The van der Waals surface area contributed by atoms with Crippen molar-refractivity contribution in [1.29, 1.82) is 0 Å². The van der Waals surface area contributed by atoms with Gasteiger partial charge in [-0.25, -0.2) is 4.98 Å². The molecule has 0 saturated carbocycles. The third kappa shape index (κ3) is 3.27. The van der Waals surface area contributed by atoms with Gasteiger partial charge in [-0.3, -0.25) is 14.6 Å². The number of fused-ring (bicyclic) bond motifs is 1. The molecule has 0 fully saturated rings. The van der Waals surface area contributed by atoms with Crippen LogP contribution in [0.4, 0.5) is 0 Å². The van der Waals surface area contributed by atoms with Gasteiger partial charge in [0, 0.05) is 41.9 Å². The topological polar surface area (TPSA) is 64.8 Å². The van der Waals surface area contributed by atoms with Gasteiger partial charge in [0.1, 0.15) is 10.8 Å². The van der Waals surface area contributed by atoms with E-state index in [0.29, 0.717) is 29.4 Å². The number of nitrogens with zero attached hydrogens (tertiary/aromatic N) is 3. The Kier molecular flexibility index (Phi) is 5.18. The fourth-order valence-electron chi connectivity index (χ4n) is 3.10. The van der Waals surface area contributed by atoms with E-state index in [4.69, 9.17) is 11.6 Å². The first-order chi connectivity index (χ1) is 12.5. The van der Waals surface area contributed by atoms with E-state index in [2.05, 4.69) is 9.97 Å². The molecule has 0 spiro atoms. The second-order valence-electron chi connectivity index (χ2n) is 6.23. The van der Waals surface area contributed by atoms with Gasteiger partial charge in [-0.15, -0.1) is 0 Å². The van der Waals surface area contributed by atoms with E-state index < -0.39 is 0 Å². The van der Waals surface area contributed by atoms with Crippen LogP contribution in [0.1, 0.15) is 42.7 Å². The Balaban J connectivity index is 2.20. The maximum atomic E-state index is 13.0. The molecule has 0 N–H and O–H groups in total. The number of carbonyl (C=O) groups excluding carboxylic acids is 1. The largest absolute Gasteiger partial charge is 0.308 e. The lowest BCUT2D eigenvalue weighted by Crippen LogP contribution is -2.21. The van der Waals surface area contributed by atoms with E-state index in [-0.39, 0.29) is 11.3 Å². The van der Waals surface area contributed by atoms with E-state index in [0.717, 1.165) is 28.5 Å². The number of rotatable bonds is 5. The summed E-state index contributed by atoms with van der Waals surface area (Å²) in [5, 5.41) is 1.18. The van der Waals surface area contributed by atoms with Crippen molar-refractivity contribution < 1.29 is 4.79 Å². The Labute approximate surface area is 156 Å². The van der Waals surface area contributed by atoms with E-state index in [1.807, 2.05) is 26.8 Å². The molecule has 134 valence electrons. The molecule has 0 saturated heterocycles. The summed E-state index contributed by atoms with van der Waals surface area (Å²) in [7, 11) is 0. The van der Waals surface area contributed by atoms with Gasteiger partial charge >= 0.3 is 0 Å². The van der Waals surface area contributed by atoms with Crippen molar-refractivity contribution in [3.05, 3.63) is 57.4 Å². The zero-order valence-electron chi connectivity index (χ0n) is 15.0. The molecule has 0 unspecified atom stereocenters. The van der Waals surface area contributed by atoms with Crippen molar-refractivity contribution in [3.63, 3.8) is 0 Å². The van der Waals surface area contributed by atoms with Crippen LogP contribution in [0, 0.1) is 6.92 Å². The monoisotopic (exact) mass is 369 g/mol. The van der Waals surface area contributed by atoms with Crippen molar-refractivity contribution in [3.8, 4) is 11.1 Å². The number of halogens is 1. The van der Waals surface area contributed by atoms with E-state index in [1.165, 1.54) is 0 Å². The van der Waals surface area contributed by atoms with Crippen molar-refractivity contribution in [1.82, 2.24) is 14.5 Å².